The minimum atomic E-state index is -0.394. The van der Waals surface area contributed by atoms with Crippen molar-refractivity contribution in [1.29, 1.82) is 0 Å². The lowest BCUT2D eigenvalue weighted by Crippen LogP contribution is -2.28. The molecule has 0 radical (unpaired) electrons. The largest absolute Gasteiger partial charge is 0.462 e. The lowest BCUT2D eigenvalue weighted by molar-refractivity contribution is -0.146. The lowest BCUT2D eigenvalue weighted by Gasteiger charge is -2.22. The number of hydrogen-bond donors (Lipinski definition) is 0. The van der Waals surface area contributed by atoms with Gasteiger partial charge in [0.05, 0.1) is 13.2 Å². The Morgan fingerprint density at radius 2 is 1.29 bits per heavy atom. The fourth-order valence-electron chi connectivity index (χ4n) is 0.943. The van der Waals surface area contributed by atoms with Crippen molar-refractivity contribution in [1.82, 2.24) is 0 Å². The van der Waals surface area contributed by atoms with Crippen LogP contribution in [0.25, 0.3) is 0 Å². The van der Waals surface area contributed by atoms with Crippen LogP contribution in [0.4, 0.5) is 0 Å². The van der Waals surface area contributed by atoms with Gasteiger partial charge in [0, 0.05) is 17.6 Å². The topological polar surface area (TPSA) is 52.6 Å². The second-order valence-electron chi connectivity index (χ2n) is 4.38. The van der Waals surface area contributed by atoms with Gasteiger partial charge in [-0.1, -0.05) is 26.0 Å². The molecular formula is C13H20O4. The molecule has 0 heterocycles. The van der Waals surface area contributed by atoms with E-state index < -0.39 is 5.41 Å². The van der Waals surface area contributed by atoms with Crippen LogP contribution in [-0.4, -0.2) is 25.2 Å². The van der Waals surface area contributed by atoms with E-state index in [9.17, 15) is 9.59 Å². The molecular weight excluding hydrogens is 220 g/mol. The molecule has 0 aromatic carbocycles. The molecule has 0 rings (SSSR count). The molecule has 0 fully saturated rings. The number of carbonyl (C=O) groups is 2. The Balaban J connectivity index is 4.03. The monoisotopic (exact) mass is 240 g/mol. The third-order valence-corrected chi connectivity index (χ3v) is 1.82. The molecule has 0 saturated heterocycles. The van der Waals surface area contributed by atoms with E-state index in [2.05, 4.69) is 0 Å². The quantitative estimate of drug-likeness (QED) is 0.528. The van der Waals surface area contributed by atoms with Crippen LogP contribution < -0.4 is 0 Å². The zero-order valence-corrected chi connectivity index (χ0v) is 10.9. The highest BCUT2D eigenvalue weighted by atomic mass is 16.5. The second kappa shape index (κ2) is 7.65. The Labute approximate surface area is 102 Å². The van der Waals surface area contributed by atoms with Crippen LogP contribution in [0.5, 0.6) is 0 Å². The van der Waals surface area contributed by atoms with Gasteiger partial charge < -0.3 is 9.47 Å². The molecule has 4 heteroatoms. The van der Waals surface area contributed by atoms with Crippen LogP contribution >= 0.6 is 0 Å². The number of allylic oxidation sites excluding steroid dienone is 2. The molecule has 0 aromatic rings. The number of hydrogen-bond acceptors (Lipinski definition) is 4. The Morgan fingerprint density at radius 1 is 0.941 bits per heavy atom. The average Bonchev–Trinajstić information content (AvgIpc) is 2.25. The van der Waals surface area contributed by atoms with E-state index in [0.29, 0.717) is 0 Å². The first kappa shape index (κ1) is 15.4. The highest BCUT2D eigenvalue weighted by molar-refractivity contribution is 5.82. The zero-order valence-electron chi connectivity index (χ0n) is 10.9. The van der Waals surface area contributed by atoms with E-state index in [1.54, 1.807) is 26.0 Å². The van der Waals surface area contributed by atoms with Crippen molar-refractivity contribution in [3.63, 3.8) is 0 Å². The third-order valence-electron chi connectivity index (χ3n) is 1.82. The first-order chi connectivity index (χ1) is 7.91. The van der Waals surface area contributed by atoms with Crippen molar-refractivity contribution in [3.8, 4) is 0 Å². The molecule has 0 spiro atoms. The molecule has 0 aliphatic heterocycles. The Hall–Kier alpha value is -1.58. The molecule has 0 aliphatic rings. The molecule has 0 unspecified atom stereocenters. The summed E-state index contributed by atoms with van der Waals surface area (Å²) < 4.78 is 10.0. The SMILES string of the molecule is C/C=C\C(=O)OCC(C)(C)COC(=O)/C=C\C. The smallest absolute Gasteiger partial charge is 0.330 e. The number of rotatable bonds is 6. The standard InChI is InChI=1S/C13H20O4/c1-5-7-11(14)16-9-13(3,4)10-17-12(15)8-6-2/h5-8H,9-10H2,1-4H3/b7-5-,8-6-. The van der Waals surface area contributed by atoms with Crippen molar-refractivity contribution in [2.75, 3.05) is 13.2 Å². The number of esters is 2. The summed E-state index contributed by atoms with van der Waals surface area (Å²) in [6, 6.07) is 0. The number of ether oxygens (including phenoxy) is 2. The van der Waals surface area contributed by atoms with Gasteiger partial charge in [0.25, 0.3) is 0 Å². The summed E-state index contributed by atoms with van der Waals surface area (Å²) in [5.41, 5.74) is -0.394. The van der Waals surface area contributed by atoms with Gasteiger partial charge in [0.2, 0.25) is 0 Å². The summed E-state index contributed by atoms with van der Waals surface area (Å²) in [5, 5.41) is 0. The summed E-state index contributed by atoms with van der Waals surface area (Å²) in [7, 11) is 0. The Kier molecular flexibility index (Phi) is 6.94. The van der Waals surface area contributed by atoms with Crippen molar-refractivity contribution < 1.29 is 19.1 Å². The lowest BCUT2D eigenvalue weighted by atomic mass is 9.96. The second-order valence-corrected chi connectivity index (χ2v) is 4.38. The summed E-state index contributed by atoms with van der Waals surface area (Å²) >= 11 is 0. The summed E-state index contributed by atoms with van der Waals surface area (Å²) in [6.45, 7) is 7.62. The van der Waals surface area contributed by atoms with E-state index in [1.165, 1.54) is 12.2 Å². The average molecular weight is 240 g/mol. The van der Waals surface area contributed by atoms with Gasteiger partial charge >= 0.3 is 11.9 Å². The third kappa shape index (κ3) is 8.25. The summed E-state index contributed by atoms with van der Waals surface area (Å²) in [6.07, 6.45) is 5.92. The normalized spacial score (nSPS) is 12.0. The first-order valence-corrected chi connectivity index (χ1v) is 5.50. The van der Waals surface area contributed by atoms with Gasteiger partial charge in [0.15, 0.2) is 0 Å². The molecule has 0 aromatic heterocycles. The summed E-state index contributed by atoms with van der Waals surface area (Å²) in [5.74, 6) is -0.777. The van der Waals surface area contributed by atoms with Crippen LogP contribution in [0.3, 0.4) is 0 Å². The van der Waals surface area contributed by atoms with Crippen molar-refractivity contribution >= 4 is 11.9 Å². The molecule has 96 valence electrons. The molecule has 0 saturated carbocycles. The van der Waals surface area contributed by atoms with Crippen LogP contribution in [-0.2, 0) is 19.1 Å². The highest BCUT2D eigenvalue weighted by Crippen LogP contribution is 2.16. The van der Waals surface area contributed by atoms with E-state index in [-0.39, 0.29) is 25.2 Å². The summed E-state index contributed by atoms with van der Waals surface area (Å²) in [4.78, 5) is 22.2. The molecule has 0 bridgehead atoms. The maximum Gasteiger partial charge on any atom is 0.330 e. The van der Waals surface area contributed by atoms with Crippen LogP contribution in [0.1, 0.15) is 27.7 Å². The predicted octanol–water partition coefficient (Wildman–Crippen LogP) is 2.25. The van der Waals surface area contributed by atoms with Crippen LogP contribution in [0.2, 0.25) is 0 Å². The predicted molar refractivity (Wildman–Crippen MR) is 65.3 cm³/mol. The van der Waals surface area contributed by atoms with Crippen molar-refractivity contribution in [3.05, 3.63) is 24.3 Å². The minimum absolute atomic E-state index is 0.208. The fourth-order valence-corrected chi connectivity index (χ4v) is 0.943. The van der Waals surface area contributed by atoms with E-state index in [0.717, 1.165) is 0 Å². The van der Waals surface area contributed by atoms with E-state index in [1.807, 2.05) is 13.8 Å². The van der Waals surface area contributed by atoms with Gasteiger partial charge in [-0.15, -0.1) is 0 Å². The maximum atomic E-state index is 11.1. The molecule has 17 heavy (non-hydrogen) atoms. The van der Waals surface area contributed by atoms with Gasteiger partial charge in [-0.3, -0.25) is 0 Å². The maximum absolute atomic E-state index is 11.1. The zero-order chi connectivity index (χ0) is 13.3. The van der Waals surface area contributed by atoms with Gasteiger partial charge in [0.1, 0.15) is 0 Å². The first-order valence-electron chi connectivity index (χ1n) is 5.50. The molecule has 4 nitrogen and oxygen atoms in total. The fraction of sp³-hybridized carbons (Fsp3) is 0.538. The van der Waals surface area contributed by atoms with Crippen LogP contribution in [0, 0.1) is 5.41 Å². The minimum Gasteiger partial charge on any atom is -0.462 e. The Bertz CT molecular complexity index is 283. The van der Waals surface area contributed by atoms with Crippen molar-refractivity contribution in [2.45, 2.75) is 27.7 Å². The van der Waals surface area contributed by atoms with E-state index >= 15 is 0 Å². The molecule has 0 N–H and O–H groups in total. The number of carbonyl (C=O) groups excluding carboxylic acids is 2. The van der Waals surface area contributed by atoms with Crippen LogP contribution in [0.15, 0.2) is 24.3 Å². The molecule has 0 amide bonds. The highest BCUT2D eigenvalue weighted by Gasteiger charge is 2.21. The molecule has 0 atom stereocenters. The molecule has 0 aliphatic carbocycles. The van der Waals surface area contributed by atoms with E-state index in [4.69, 9.17) is 9.47 Å². The van der Waals surface area contributed by atoms with Gasteiger partial charge in [-0.25, -0.2) is 9.59 Å². The van der Waals surface area contributed by atoms with Gasteiger partial charge in [-0.05, 0) is 13.8 Å². The van der Waals surface area contributed by atoms with Gasteiger partial charge in [-0.2, -0.15) is 0 Å². The Morgan fingerprint density at radius 3 is 1.59 bits per heavy atom. The van der Waals surface area contributed by atoms with Crippen molar-refractivity contribution in [2.24, 2.45) is 5.41 Å².